The molecule has 1 amide bonds. The van der Waals surface area contributed by atoms with E-state index in [0.29, 0.717) is 18.5 Å². The van der Waals surface area contributed by atoms with E-state index in [4.69, 9.17) is 4.74 Å². The molecule has 0 bridgehead atoms. The van der Waals surface area contributed by atoms with E-state index in [9.17, 15) is 4.79 Å². The Morgan fingerprint density at radius 3 is 2.13 bits per heavy atom. The van der Waals surface area contributed by atoms with Gasteiger partial charge in [0.1, 0.15) is 0 Å². The summed E-state index contributed by atoms with van der Waals surface area (Å²) in [5.41, 5.74) is 0. The number of hydrogen-bond donors (Lipinski definition) is 1. The summed E-state index contributed by atoms with van der Waals surface area (Å²) in [5.74, 6) is 0.191. The van der Waals surface area contributed by atoms with Crippen LogP contribution in [0.5, 0.6) is 0 Å². The van der Waals surface area contributed by atoms with Crippen molar-refractivity contribution >= 4 is 5.91 Å². The van der Waals surface area contributed by atoms with Crippen molar-refractivity contribution in [3.63, 3.8) is 0 Å². The molecule has 0 aromatic heterocycles. The van der Waals surface area contributed by atoms with Crippen molar-refractivity contribution in [2.75, 3.05) is 27.3 Å². The lowest BCUT2D eigenvalue weighted by Crippen LogP contribution is -2.42. The van der Waals surface area contributed by atoms with E-state index in [1.54, 1.807) is 7.11 Å². The van der Waals surface area contributed by atoms with Crippen LogP contribution in [0.15, 0.2) is 0 Å². The maximum atomic E-state index is 11.4. The van der Waals surface area contributed by atoms with Gasteiger partial charge in [0, 0.05) is 32.2 Å². The van der Waals surface area contributed by atoms with Crippen LogP contribution in [0.25, 0.3) is 0 Å². The van der Waals surface area contributed by atoms with E-state index in [2.05, 4.69) is 17.3 Å². The van der Waals surface area contributed by atoms with Gasteiger partial charge in [0.25, 0.3) is 0 Å². The fourth-order valence-corrected chi connectivity index (χ4v) is 2.78. The average molecular weight is 331 g/mol. The quantitative estimate of drug-likeness (QED) is 0.677. The number of ether oxygens (including phenoxy) is 1. The van der Waals surface area contributed by atoms with E-state index >= 15 is 0 Å². The van der Waals surface area contributed by atoms with Crippen molar-refractivity contribution < 1.29 is 9.53 Å². The number of amides is 1. The van der Waals surface area contributed by atoms with Gasteiger partial charge < -0.3 is 15.0 Å². The first-order valence-electron chi connectivity index (χ1n) is 9.66. The van der Waals surface area contributed by atoms with Gasteiger partial charge in [-0.25, -0.2) is 0 Å². The molecule has 1 fully saturated rings. The minimum absolute atomic E-state index is 0.191. The number of carbonyl (C=O) groups is 1. The predicted octanol–water partition coefficient (Wildman–Crippen LogP) is 4.23. The van der Waals surface area contributed by atoms with Crippen molar-refractivity contribution in [1.29, 1.82) is 0 Å². The highest BCUT2D eigenvalue weighted by atomic mass is 16.5. The second kappa shape index (κ2) is 17.7. The Morgan fingerprint density at radius 2 is 1.65 bits per heavy atom. The number of nitrogens with zero attached hydrogens (tertiary/aromatic N) is 1. The summed E-state index contributed by atoms with van der Waals surface area (Å²) in [6, 6.07) is 1.10. The topological polar surface area (TPSA) is 41.6 Å². The third-order valence-corrected chi connectivity index (χ3v) is 4.12. The normalized spacial score (nSPS) is 20.0. The summed E-state index contributed by atoms with van der Waals surface area (Å²) in [7, 11) is 3.98. The van der Waals surface area contributed by atoms with Crippen molar-refractivity contribution in [3.8, 4) is 0 Å². The van der Waals surface area contributed by atoms with Crippen molar-refractivity contribution in [2.45, 2.75) is 91.6 Å². The van der Waals surface area contributed by atoms with Gasteiger partial charge >= 0.3 is 0 Å². The number of hydrogen-bond acceptors (Lipinski definition) is 3. The molecule has 0 saturated heterocycles. The Bertz CT molecular complexity index is 252. The summed E-state index contributed by atoms with van der Waals surface area (Å²) in [6.45, 7) is 11.9. The monoisotopic (exact) mass is 330 g/mol. The summed E-state index contributed by atoms with van der Waals surface area (Å²) in [5, 5.41) is 3.11. The number of methoxy groups -OCH3 is 1. The molecule has 23 heavy (non-hydrogen) atoms. The van der Waals surface area contributed by atoms with Gasteiger partial charge in [0.05, 0.1) is 0 Å². The molecule has 1 N–H and O–H groups in total. The van der Waals surface area contributed by atoms with E-state index < -0.39 is 0 Å². The molecule has 0 aromatic rings. The summed E-state index contributed by atoms with van der Waals surface area (Å²) in [4.78, 5) is 13.8. The standard InChI is InChI=1S/C15H30N2O2.2C2H6/c1-4-15(18)16-13-7-9-14(10-8-13)17(2)11-5-6-12-19-3;2*1-2/h13-14H,4-12H2,1-3H3,(H,16,18);2*1-2H3. The summed E-state index contributed by atoms with van der Waals surface area (Å²) in [6.07, 6.45) is 7.60. The smallest absolute Gasteiger partial charge is 0.219 e. The summed E-state index contributed by atoms with van der Waals surface area (Å²) < 4.78 is 5.07. The van der Waals surface area contributed by atoms with Crippen molar-refractivity contribution in [3.05, 3.63) is 0 Å². The second-order valence-electron chi connectivity index (χ2n) is 5.61. The first-order valence-corrected chi connectivity index (χ1v) is 9.66. The van der Waals surface area contributed by atoms with E-state index in [0.717, 1.165) is 32.4 Å². The van der Waals surface area contributed by atoms with Crippen LogP contribution in [0.3, 0.4) is 0 Å². The van der Waals surface area contributed by atoms with Gasteiger partial charge in [-0.3, -0.25) is 4.79 Å². The molecule has 1 saturated carbocycles. The van der Waals surface area contributed by atoms with Gasteiger partial charge in [-0.15, -0.1) is 0 Å². The lowest BCUT2D eigenvalue weighted by atomic mass is 9.90. The average Bonchev–Trinajstić information content (AvgIpc) is 2.62. The van der Waals surface area contributed by atoms with E-state index in [1.165, 1.54) is 19.3 Å². The third kappa shape index (κ3) is 12.5. The first kappa shape index (κ1) is 24.6. The zero-order chi connectivity index (χ0) is 18.1. The predicted molar refractivity (Wildman–Crippen MR) is 101 cm³/mol. The molecule has 0 aromatic carbocycles. The Hall–Kier alpha value is -0.610. The molecule has 1 aliphatic rings. The maximum absolute atomic E-state index is 11.4. The zero-order valence-corrected chi connectivity index (χ0v) is 16.8. The van der Waals surface area contributed by atoms with Gasteiger partial charge in [-0.2, -0.15) is 0 Å². The minimum atomic E-state index is 0.191. The van der Waals surface area contributed by atoms with Crippen LogP contribution in [0.1, 0.15) is 79.6 Å². The Balaban J connectivity index is 0. The number of unbranched alkanes of at least 4 members (excludes halogenated alkanes) is 1. The maximum Gasteiger partial charge on any atom is 0.219 e. The molecule has 4 heteroatoms. The zero-order valence-electron chi connectivity index (χ0n) is 16.8. The lowest BCUT2D eigenvalue weighted by Gasteiger charge is -2.35. The van der Waals surface area contributed by atoms with Crippen LogP contribution in [0, 0.1) is 0 Å². The van der Waals surface area contributed by atoms with Gasteiger partial charge in [-0.1, -0.05) is 34.6 Å². The van der Waals surface area contributed by atoms with Gasteiger partial charge in [0.2, 0.25) is 5.91 Å². The fourth-order valence-electron chi connectivity index (χ4n) is 2.78. The Kier molecular flexibility index (Phi) is 19.0. The van der Waals surface area contributed by atoms with E-state index in [-0.39, 0.29) is 5.91 Å². The van der Waals surface area contributed by atoms with Crippen LogP contribution in [-0.4, -0.2) is 50.2 Å². The molecule has 1 aliphatic carbocycles. The first-order chi connectivity index (χ1) is 11.2. The highest BCUT2D eigenvalue weighted by molar-refractivity contribution is 5.75. The fraction of sp³-hybridized carbons (Fsp3) is 0.947. The SMILES string of the molecule is CC.CC.CCC(=O)NC1CCC(N(C)CCCCOC)CC1. The summed E-state index contributed by atoms with van der Waals surface area (Å²) >= 11 is 0. The third-order valence-electron chi connectivity index (χ3n) is 4.12. The lowest BCUT2D eigenvalue weighted by molar-refractivity contribution is -0.121. The molecule has 140 valence electrons. The number of carbonyl (C=O) groups excluding carboxylic acids is 1. The molecular formula is C19H42N2O2. The Labute approximate surface area is 145 Å². The van der Waals surface area contributed by atoms with Crippen LogP contribution in [0.4, 0.5) is 0 Å². The van der Waals surface area contributed by atoms with Crippen molar-refractivity contribution in [2.24, 2.45) is 0 Å². The highest BCUT2D eigenvalue weighted by Gasteiger charge is 2.24. The van der Waals surface area contributed by atoms with Crippen LogP contribution < -0.4 is 5.32 Å². The molecule has 0 aliphatic heterocycles. The molecule has 0 unspecified atom stereocenters. The highest BCUT2D eigenvalue weighted by Crippen LogP contribution is 2.22. The molecule has 1 rings (SSSR count). The molecule has 4 nitrogen and oxygen atoms in total. The molecule has 0 radical (unpaired) electrons. The van der Waals surface area contributed by atoms with Gasteiger partial charge in [0.15, 0.2) is 0 Å². The van der Waals surface area contributed by atoms with E-state index in [1.807, 2.05) is 34.6 Å². The Morgan fingerprint density at radius 1 is 1.09 bits per heavy atom. The molecule has 0 spiro atoms. The number of nitrogens with one attached hydrogen (secondary N) is 1. The van der Waals surface area contributed by atoms with Crippen LogP contribution >= 0.6 is 0 Å². The van der Waals surface area contributed by atoms with Crippen LogP contribution in [-0.2, 0) is 9.53 Å². The molecule has 0 heterocycles. The van der Waals surface area contributed by atoms with Gasteiger partial charge in [-0.05, 0) is 52.1 Å². The van der Waals surface area contributed by atoms with Crippen molar-refractivity contribution in [1.82, 2.24) is 10.2 Å². The number of rotatable bonds is 8. The minimum Gasteiger partial charge on any atom is -0.385 e. The molecule has 0 atom stereocenters. The second-order valence-corrected chi connectivity index (χ2v) is 5.61. The molecular weight excluding hydrogens is 288 g/mol. The van der Waals surface area contributed by atoms with Crippen LogP contribution in [0.2, 0.25) is 0 Å². The largest absolute Gasteiger partial charge is 0.385 e.